The molecule has 1 aromatic carbocycles. The number of rotatable bonds is 7. The number of nitrogens with zero attached hydrogens (tertiary/aromatic N) is 2. The van der Waals surface area contributed by atoms with E-state index in [2.05, 4.69) is 0 Å². The van der Waals surface area contributed by atoms with Crippen molar-refractivity contribution in [3.05, 3.63) is 48.1 Å². The summed E-state index contributed by atoms with van der Waals surface area (Å²) in [6.07, 6.45) is 2.66. The fraction of sp³-hybridized carbons (Fsp3) is 0.294. The third kappa shape index (κ3) is 4.13. The normalized spacial score (nSPS) is 11.5. The van der Waals surface area contributed by atoms with Gasteiger partial charge in [-0.2, -0.15) is 0 Å². The molecule has 128 valence electrons. The number of esters is 1. The third-order valence-corrected chi connectivity index (χ3v) is 3.57. The highest BCUT2D eigenvalue weighted by Crippen LogP contribution is 2.17. The molecule has 0 aliphatic heterocycles. The van der Waals surface area contributed by atoms with Crippen LogP contribution in [0.25, 0.3) is 10.9 Å². The van der Waals surface area contributed by atoms with Crippen LogP contribution in [0, 0.1) is 5.82 Å². The molecule has 7 heteroatoms. The predicted molar refractivity (Wildman–Crippen MR) is 86.9 cm³/mol. The number of carbonyl (C=O) groups excluding carboxylic acids is 1. The molecule has 0 unspecified atom stereocenters. The zero-order valence-corrected chi connectivity index (χ0v) is 13.5. The van der Waals surface area contributed by atoms with Gasteiger partial charge in [0.1, 0.15) is 11.5 Å². The van der Waals surface area contributed by atoms with E-state index in [-0.39, 0.29) is 18.1 Å². The van der Waals surface area contributed by atoms with Gasteiger partial charge in [-0.3, -0.25) is 0 Å². The van der Waals surface area contributed by atoms with Gasteiger partial charge in [0.2, 0.25) is 0 Å². The number of hydrogen-bond donors (Lipinski definition) is 1. The van der Waals surface area contributed by atoms with E-state index < -0.39 is 11.9 Å². The van der Waals surface area contributed by atoms with Crippen LogP contribution in [0.1, 0.15) is 6.92 Å². The minimum Gasteiger partial charge on any atom is -0.478 e. The largest absolute Gasteiger partial charge is 0.478 e. The minimum atomic E-state index is -1.22. The summed E-state index contributed by atoms with van der Waals surface area (Å²) in [5, 5.41) is 9.70. The molecule has 1 heterocycles. The third-order valence-electron chi connectivity index (χ3n) is 3.57. The first kappa shape index (κ1) is 17.5. The van der Waals surface area contributed by atoms with Gasteiger partial charge in [0.25, 0.3) is 0 Å². The van der Waals surface area contributed by atoms with E-state index in [1.165, 1.54) is 17.0 Å². The molecule has 0 radical (unpaired) electrons. The molecule has 0 aliphatic rings. The number of hydrogen-bond acceptors (Lipinski definition) is 4. The van der Waals surface area contributed by atoms with Crippen LogP contribution in [-0.2, 0) is 20.9 Å². The summed E-state index contributed by atoms with van der Waals surface area (Å²) in [6.45, 7) is 2.71. The van der Waals surface area contributed by atoms with Gasteiger partial charge in [0, 0.05) is 37.2 Å². The van der Waals surface area contributed by atoms with Gasteiger partial charge in [0.15, 0.2) is 0 Å². The smallest absolute Gasteiger partial charge is 0.354 e. The fourth-order valence-corrected chi connectivity index (χ4v) is 2.39. The highest BCUT2D eigenvalue weighted by atomic mass is 19.1. The van der Waals surface area contributed by atoms with Crippen molar-refractivity contribution in [1.82, 2.24) is 9.47 Å². The molecule has 0 fully saturated rings. The Hall–Kier alpha value is -2.83. The minimum absolute atomic E-state index is 0.0214. The van der Waals surface area contributed by atoms with Gasteiger partial charge in [-0.05, 0) is 31.2 Å². The van der Waals surface area contributed by atoms with E-state index in [9.17, 15) is 14.0 Å². The molecule has 1 aromatic heterocycles. The number of halogens is 1. The second kappa shape index (κ2) is 7.63. The summed E-state index contributed by atoms with van der Waals surface area (Å²) >= 11 is 0. The highest BCUT2D eigenvalue weighted by molar-refractivity contribution is 5.95. The Morgan fingerprint density at radius 3 is 2.79 bits per heavy atom. The van der Waals surface area contributed by atoms with Crippen LogP contribution in [0.2, 0.25) is 0 Å². The second-order valence-corrected chi connectivity index (χ2v) is 5.22. The maximum Gasteiger partial charge on any atom is 0.354 e. The Balaban J connectivity index is 2.13. The van der Waals surface area contributed by atoms with Crippen LogP contribution >= 0.6 is 0 Å². The Bertz CT molecular complexity index is 782. The van der Waals surface area contributed by atoms with Gasteiger partial charge in [0.05, 0.1) is 12.7 Å². The highest BCUT2D eigenvalue weighted by Gasteiger charge is 2.17. The van der Waals surface area contributed by atoms with Crippen molar-refractivity contribution < 1.29 is 23.8 Å². The van der Waals surface area contributed by atoms with Crippen molar-refractivity contribution in [3.8, 4) is 0 Å². The Kier molecular flexibility index (Phi) is 5.57. The number of aliphatic carboxylic acids is 1. The molecule has 0 amide bonds. The topological polar surface area (TPSA) is 71.8 Å². The van der Waals surface area contributed by atoms with E-state index in [0.717, 1.165) is 17.0 Å². The average molecular weight is 334 g/mol. The molecule has 2 rings (SSSR count). The summed E-state index contributed by atoms with van der Waals surface area (Å²) in [5.74, 6) is -2.19. The predicted octanol–water partition coefficient (Wildman–Crippen LogP) is 2.24. The number of likely N-dealkylation sites (N-methyl/N-ethyl adjacent to an activating group) is 1. The SMILES string of the molecule is CCOC(=O)/C(=C/C(=O)O)N(C)CCn1ccc2cc(F)ccc21. The lowest BCUT2D eigenvalue weighted by atomic mass is 10.2. The Labute approximate surface area is 138 Å². The van der Waals surface area contributed by atoms with Crippen molar-refractivity contribution in [2.45, 2.75) is 13.5 Å². The first-order chi connectivity index (χ1) is 11.4. The summed E-state index contributed by atoms with van der Waals surface area (Å²) < 4.78 is 20.0. The lowest BCUT2D eigenvalue weighted by Gasteiger charge is -2.21. The lowest BCUT2D eigenvalue weighted by Crippen LogP contribution is -2.29. The van der Waals surface area contributed by atoms with Crippen LogP contribution in [-0.4, -0.2) is 46.7 Å². The lowest BCUT2D eigenvalue weighted by molar-refractivity contribution is -0.141. The Morgan fingerprint density at radius 2 is 2.12 bits per heavy atom. The van der Waals surface area contributed by atoms with Crippen LogP contribution < -0.4 is 0 Å². The van der Waals surface area contributed by atoms with Crippen molar-refractivity contribution in [3.63, 3.8) is 0 Å². The van der Waals surface area contributed by atoms with Gasteiger partial charge in [-0.1, -0.05) is 0 Å². The maximum absolute atomic E-state index is 13.2. The maximum atomic E-state index is 13.2. The number of benzene rings is 1. The first-order valence-electron chi connectivity index (χ1n) is 7.49. The van der Waals surface area contributed by atoms with Crippen molar-refractivity contribution in [1.29, 1.82) is 0 Å². The number of aromatic nitrogens is 1. The molecule has 0 saturated carbocycles. The van der Waals surface area contributed by atoms with Gasteiger partial charge >= 0.3 is 11.9 Å². The van der Waals surface area contributed by atoms with Crippen LogP contribution in [0.15, 0.2) is 42.2 Å². The van der Waals surface area contributed by atoms with Crippen molar-refractivity contribution >= 4 is 22.8 Å². The fourth-order valence-electron chi connectivity index (χ4n) is 2.39. The quantitative estimate of drug-likeness (QED) is 0.621. The van der Waals surface area contributed by atoms with Crippen molar-refractivity contribution in [2.24, 2.45) is 0 Å². The number of carbonyl (C=O) groups is 2. The first-order valence-corrected chi connectivity index (χ1v) is 7.49. The second-order valence-electron chi connectivity index (χ2n) is 5.22. The summed E-state index contributed by atoms with van der Waals surface area (Å²) in [4.78, 5) is 24.3. The summed E-state index contributed by atoms with van der Waals surface area (Å²) in [7, 11) is 1.62. The van der Waals surface area contributed by atoms with Crippen LogP contribution in [0.4, 0.5) is 4.39 Å². The Morgan fingerprint density at radius 1 is 1.38 bits per heavy atom. The zero-order valence-electron chi connectivity index (χ0n) is 13.5. The van der Waals surface area contributed by atoms with E-state index in [1.54, 1.807) is 26.1 Å². The molecule has 2 aromatic rings. The van der Waals surface area contributed by atoms with E-state index in [4.69, 9.17) is 9.84 Å². The zero-order chi connectivity index (χ0) is 17.7. The molecule has 6 nitrogen and oxygen atoms in total. The molecule has 1 N–H and O–H groups in total. The molecule has 0 bridgehead atoms. The molecule has 24 heavy (non-hydrogen) atoms. The monoisotopic (exact) mass is 334 g/mol. The van der Waals surface area contributed by atoms with E-state index >= 15 is 0 Å². The van der Waals surface area contributed by atoms with Gasteiger partial charge < -0.3 is 19.3 Å². The molecule has 0 aliphatic carbocycles. The molecular weight excluding hydrogens is 315 g/mol. The number of carboxylic acids is 1. The van der Waals surface area contributed by atoms with Gasteiger partial charge in [-0.25, -0.2) is 14.0 Å². The molecule has 0 saturated heterocycles. The number of fused-ring (bicyclic) bond motifs is 1. The number of carboxylic acid groups (broad SMARTS) is 1. The number of ether oxygens (including phenoxy) is 1. The van der Waals surface area contributed by atoms with E-state index in [0.29, 0.717) is 13.1 Å². The molecule has 0 atom stereocenters. The van der Waals surface area contributed by atoms with E-state index in [1.807, 2.05) is 10.8 Å². The summed E-state index contributed by atoms with van der Waals surface area (Å²) in [6, 6.07) is 6.32. The molecule has 0 spiro atoms. The standard InChI is InChI=1S/C17H19FN2O4/c1-3-24-17(23)15(11-16(21)22)19(2)8-9-20-7-6-12-10-13(18)4-5-14(12)20/h4-7,10-11H,3,8-9H2,1-2H3,(H,21,22)/b15-11-. The van der Waals surface area contributed by atoms with Crippen LogP contribution in [0.3, 0.4) is 0 Å². The molecular formula is C17H19FN2O4. The average Bonchev–Trinajstić information content (AvgIpc) is 2.92. The summed E-state index contributed by atoms with van der Waals surface area (Å²) in [5.41, 5.74) is 0.844. The van der Waals surface area contributed by atoms with Gasteiger partial charge in [-0.15, -0.1) is 0 Å². The van der Waals surface area contributed by atoms with Crippen molar-refractivity contribution in [2.75, 3.05) is 20.2 Å². The van der Waals surface area contributed by atoms with Crippen LogP contribution in [0.5, 0.6) is 0 Å².